The highest BCUT2D eigenvalue weighted by molar-refractivity contribution is 7.99. The van der Waals surface area contributed by atoms with Crippen LogP contribution in [0, 0.1) is 0 Å². The van der Waals surface area contributed by atoms with Gasteiger partial charge in [-0.2, -0.15) is 0 Å². The minimum atomic E-state index is 0.158. The lowest BCUT2D eigenvalue weighted by Crippen LogP contribution is -1.79. The van der Waals surface area contributed by atoms with Gasteiger partial charge in [-0.1, -0.05) is 30.8 Å². The van der Waals surface area contributed by atoms with Crippen molar-refractivity contribution >= 4 is 11.8 Å². The van der Waals surface area contributed by atoms with Crippen molar-refractivity contribution in [3.8, 4) is 0 Å². The zero-order chi connectivity index (χ0) is 8.10. The van der Waals surface area contributed by atoms with Crippen LogP contribution in [-0.2, 0) is 6.42 Å². The van der Waals surface area contributed by atoms with Crippen molar-refractivity contribution < 1.29 is 5.11 Å². The van der Waals surface area contributed by atoms with Gasteiger partial charge in [0.05, 0.1) is 5.94 Å². The Bertz CT molecular complexity index is 205. The van der Waals surface area contributed by atoms with Crippen LogP contribution < -0.4 is 0 Å². The summed E-state index contributed by atoms with van der Waals surface area (Å²) in [6, 6.07) is 8.27. The molecule has 0 heterocycles. The Labute approximate surface area is 71.4 Å². The number of hydrogen-bond acceptors (Lipinski definition) is 2. The number of benzene rings is 1. The summed E-state index contributed by atoms with van der Waals surface area (Å²) in [5.74, 6) is 0.158. The Morgan fingerprint density at radius 2 is 1.91 bits per heavy atom. The monoisotopic (exact) mass is 168 g/mol. The van der Waals surface area contributed by atoms with Gasteiger partial charge in [0.2, 0.25) is 0 Å². The van der Waals surface area contributed by atoms with Crippen molar-refractivity contribution in [1.82, 2.24) is 0 Å². The second-order valence-corrected chi connectivity index (χ2v) is 3.29. The summed E-state index contributed by atoms with van der Waals surface area (Å²) in [5, 5.41) is 8.61. The van der Waals surface area contributed by atoms with Gasteiger partial charge in [0.25, 0.3) is 0 Å². The standard InChI is InChI=1S/C9H12OS/c1-2-8-3-5-9(6-4-8)11-7-10/h3-6,10H,2,7H2,1H3. The van der Waals surface area contributed by atoms with Gasteiger partial charge in [0.1, 0.15) is 0 Å². The van der Waals surface area contributed by atoms with Crippen molar-refractivity contribution in [1.29, 1.82) is 0 Å². The molecule has 1 N–H and O–H groups in total. The van der Waals surface area contributed by atoms with E-state index < -0.39 is 0 Å². The predicted octanol–water partition coefficient (Wildman–Crippen LogP) is 2.29. The summed E-state index contributed by atoms with van der Waals surface area (Å²) in [4.78, 5) is 1.13. The zero-order valence-corrected chi connectivity index (χ0v) is 7.40. The molecule has 1 rings (SSSR count). The average molecular weight is 168 g/mol. The normalized spacial score (nSPS) is 10.0. The quantitative estimate of drug-likeness (QED) is 0.552. The van der Waals surface area contributed by atoms with Crippen LogP contribution in [0.1, 0.15) is 12.5 Å². The molecule has 2 heteroatoms. The SMILES string of the molecule is CCc1ccc(SCO)cc1. The third-order valence-corrected chi connectivity index (χ3v) is 2.30. The maximum atomic E-state index is 8.61. The van der Waals surface area contributed by atoms with Crippen LogP contribution in [0.3, 0.4) is 0 Å². The highest BCUT2D eigenvalue weighted by Crippen LogP contribution is 2.16. The van der Waals surface area contributed by atoms with E-state index in [4.69, 9.17) is 5.11 Å². The van der Waals surface area contributed by atoms with E-state index in [-0.39, 0.29) is 5.94 Å². The van der Waals surface area contributed by atoms with E-state index in [0.29, 0.717) is 0 Å². The first-order valence-electron chi connectivity index (χ1n) is 3.69. The van der Waals surface area contributed by atoms with E-state index in [1.807, 2.05) is 12.1 Å². The predicted molar refractivity (Wildman–Crippen MR) is 48.8 cm³/mol. The minimum Gasteiger partial charge on any atom is -0.385 e. The molecule has 0 fully saturated rings. The highest BCUT2D eigenvalue weighted by atomic mass is 32.2. The van der Waals surface area contributed by atoms with E-state index in [0.717, 1.165) is 11.3 Å². The molecule has 1 aromatic rings. The molecule has 0 bridgehead atoms. The van der Waals surface area contributed by atoms with Gasteiger partial charge in [-0.25, -0.2) is 0 Å². The fraction of sp³-hybridized carbons (Fsp3) is 0.333. The highest BCUT2D eigenvalue weighted by Gasteiger charge is 1.91. The fourth-order valence-electron chi connectivity index (χ4n) is 0.896. The summed E-state index contributed by atoms with van der Waals surface area (Å²) in [5.41, 5.74) is 1.34. The maximum Gasteiger partial charge on any atom is 0.0932 e. The van der Waals surface area contributed by atoms with Crippen molar-refractivity contribution in [2.24, 2.45) is 0 Å². The molecule has 0 atom stereocenters. The van der Waals surface area contributed by atoms with Crippen LogP contribution >= 0.6 is 11.8 Å². The summed E-state index contributed by atoms with van der Waals surface area (Å²) < 4.78 is 0. The minimum absolute atomic E-state index is 0.158. The Balaban J connectivity index is 2.66. The summed E-state index contributed by atoms with van der Waals surface area (Å²) in [6.07, 6.45) is 1.07. The second kappa shape index (κ2) is 4.42. The van der Waals surface area contributed by atoms with Gasteiger partial charge < -0.3 is 5.11 Å². The third-order valence-electron chi connectivity index (χ3n) is 1.56. The molecular formula is C9H12OS. The molecule has 0 aliphatic carbocycles. The Morgan fingerprint density at radius 3 is 2.36 bits per heavy atom. The fourth-order valence-corrected chi connectivity index (χ4v) is 1.37. The van der Waals surface area contributed by atoms with Gasteiger partial charge in [-0.3, -0.25) is 0 Å². The number of aliphatic hydroxyl groups excluding tert-OH is 1. The first-order chi connectivity index (χ1) is 5.36. The van der Waals surface area contributed by atoms with Gasteiger partial charge in [-0.05, 0) is 24.1 Å². The molecule has 0 saturated heterocycles. The molecule has 1 nitrogen and oxygen atoms in total. The van der Waals surface area contributed by atoms with Crippen LogP contribution in [0.5, 0.6) is 0 Å². The first kappa shape index (κ1) is 8.62. The Hall–Kier alpha value is -0.470. The summed E-state index contributed by atoms with van der Waals surface area (Å²) in [6.45, 7) is 2.13. The molecule has 0 unspecified atom stereocenters. The number of aryl methyl sites for hydroxylation is 1. The Kier molecular flexibility index (Phi) is 3.46. The van der Waals surface area contributed by atoms with Crippen LogP contribution in [-0.4, -0.2) is 11.0 Å². The van der Waals surface area contributed by atoms with Crippen molar-refractivity contribution in [2.45, 2.75) is 18.2 Å². The van der Waals surface area contributed by atoms with E-state index in [2.05, 4.69) is 19.1 Å². The topological polar surface area (TPSA) is 20.2 Å². The largest absolute Gasteiger partial charge is 0.385 e. The van der Waals surface area contributed by atoms with Crippen molar-refractivity contribution in [3.05, 3.63) is 29.8 Å². The molecule has 0 aromatic heterocycles. The molecule has 0 aliphatic rings. The second-order valence-electron chi connectivity index (χ2n) is 2.27. The number of thioether (sulfide) groups is 1. The zero-order valence-electron chi connectivity index (χ0n) is 6.58. The molecule has 0 radical (unpaired) electrons. The van der Waals surface area contributed by atoms with Crippen LogP contribution in [0.15, 0.2) is 29.2 Å². The third kappa shape index (κ3) is 2.56. The maximum absolute atomic E-state index is 8.61. The number of rotatable bonds is 3. The van der Waals surface area contributed by atoms with Crippen LogP contribution in [0.4, 0.5) is 0 Å². The first-order valence-corrected chi connectivity index (χ1v) is 4.68. The lowest BCUT2D eigenvalue weighted by molar-refractivity contribution is 0.375. The molecule has 1 aromatic carbocycles. The molecular weight excluding hydrogens is 156 g/mol. The molecule has 0 spiro atoms. The molecule has 0 saturated carbocycles. The van der Waals surface area contributed by atoms with Gasteiger partial charge >= 0.3 is 0 Å². The lowest BCUT2D eigenvalue weighted by atomic mass is 10.2. The average Bonchev–Trinajstić information content (AvgIpc) is 2.07. The van der Waals surface area contributed by atoms with Crippen molar-refractivity contribution in [2.75, 3.05) is 5.94 Å². The van der Waals surface area contributed by atoms with Gasteiger partial charge in [0, 0.05) is 4.90 Å². The van der Waals surface area contributed by atoms with Gasteiger partial charge in [-0.15, -0.1) is 0 Å². The lowest BCUT2D eigenvalue weighted by Gasteiger charge is -1.98. The van der Waals surface area contributed by atoms with Gasteiger partial charge in [0.15, 0.2) is 0 Å². The van der Waals surface area contributed by atoms with E-state index in [1.54, 1.807) is 0 Å². The van der Waals surface area contributed by atoms with E-state index in [9.17, 15) is 0 Å². The molecule has 0 aliphatic heterocycles. The number of aliphatic hydroxyl groups is 1. The smallest absolute Gasteiger partial charge is 0.0932 e. The van der Waals surface area contributed by atoms with Crippen molar-refractivity contribution in [3.63, 3.8) is 0 Å². The Morgan fingerprint density at radius 1 is 1.27 bits per heavy atom. The van der Waals surface area contributed by atoms with E-state index >= 15 is 0 Å². The summed E-state index contributed by atoms with van der Waals surface area (Å²) in [7, 11) is 0. The molecule has 60 valence electrons. The van der Waals surface area contributed by atoms with Crippen LogP contribution in [0.25, 0.3) is 0 Å². The summed E-state index contributed by atoms with van der Waals surface area (Å²) >= 11 is 1.45. The molecule has 0 amide bonds. The van der Waals surface area contributed by atoms with Crippen LogP contribution in [0.2, 0.25) is 0 Å². The number of hydrogen-bond donors (Lipinski definition) is 1. The van der Waals surface area contributed by atoms with E-state index in [1.165, 1.54) is 17.3 Å². The molecule has 11 heavy (non-hydrogen) atoms.